The highest BCUT2D eigenvalue weighted by Crippen LogP contribution is 2.27. The Bertz CT molecular complexity index is 1230. The Morgan fingerprint density at radius 1 is 1.11 bits per heavy atom. The van der Waals surface area contributed by atoms with Gasteiger partial charge in [-0.2, -0.15) is 0 Å². The summed E-state index contributed by atoms with van der Waals surface area (Å²) >= 11 is 1.22. The quantitative estimate of drug-likeness (QED) is 0.575. The number of nitrogens with one attached hydrogen (secondary N) is 1. The molecule has 0 spiro atoms. The van der Waals surface area contributed by atoms with Gasteiger partial charge in [0, 0.05) is 6.20 Å². The smallest absolute Gasteiger partial charge is 0.267 e. The molecule has 0 unspecified atom stereocenters. The van der Waals surface area contributed by atoms with Crippen LogP contribution in [0.2, 0.25) is 0 Å². The Morgan fingerprint density at radius 3 is 2.64 bits per heavy atom. The molecule has 6 nitrogen and oxygen atoms in total. The molecule has 0 radical (unpaired) electrons. The Kier molecular flexibility index (Phi) is 4.75. The van der Waals surface area contributed by atoms with Gasteiger partial charge in [-0.25, -0.2) is 9.97 Å². The van der Waals surface area contributed by atoms with Crippen LogP contribution in [0.25, 0.3) is 10.2 Å². The molecule has 0 fully saturated rings. The molecule has 0 saturated heterocycles. The first kappa shape index (κ1) is 18.1. The highest BCUT2D eigenvalue weighted by Gasteiger charge is 2.20. The monoisotopic (exact) mass is 390 g/mol. The molecule has 1 N–H and O–H groups in total. The standard InChI is InChI=1S/C21H18N4O2S/c1-13-7-6-10-22-18(13)24-19(26)17-14(2)16-20(28-17)23-12-25(21(16)27)11-15-8-4-3-5-9-15/h3-10,12H,11H2,1-2H3,(H,22,24,26). The van der Waals surface area contributed by atoms with Crippen molar-refractivity contribution >= 4 is 33.3 Å². The summed E-state index contributed by atoms with van der Waals surface area (Å²) in [5.74, 6) is 0.232. The average Bonchev–Trinajstić information content (AvgIpc) is 3.04. The summed E-state index contributed by atoms with van der Waals surface area (Å²) in [4.78, 5) is 35.4. The van der Waals surface area contributed by atoms with Crippen LogP contribution in [0.1, 0.15) is 26.4 Å². The van der Waals surface area contributed by atoms with Crippen LogP contribution in [-0.2, 0) is 6.54 Å². The van der Waals surface area contributed by atoms with E-state index in [2.05, 4.69) is 15.3 Å². The van der Waals surface area contributed by atoms with Crippen LogP contribution in [0.5, 0.6) is 0 Å². The van der Waals surface area contributed by atoms with Crippen LogP contribution in [0, 0.1) is 13.8 Å². The molecule has 0 bridgehead atoms. The molecule has 3 heterocycles. The topological polar surface area (TPSA) is 76.9 Å². The van der Waals surface area contributed by atoms with Crippen LogP contribution < -0.4 is 10.9 Å². The number of aromatic nitrogens is 3. The molecule has 7 heteroatoms. The summed E-state index contributed by atoms with van der Waals surface area (Å²) < 4.78 is 1.57. The number of thiophene rings is 1. The molecule has 0 aliphatic carbocycles. The van der Waals surface area contributed by atoms with Crippen LogP contribution in [0.3, 0.4) is 0 Å². The van der Waals surface area contributed by atoms with E-state index in [1.165, 1.54) is 17.7 Å². The van der Waals surface area contributed by atoms with E-state index in [4.69, 9.17) is 0 Å². The molecule has 0 saturated carbocycles. The Morgan fingerprint density at radius 2 is 1.89 bits per heavy atom. The highest BCUT2D eigenvalue weighted by atomic mass is 32.1. The van der Waals surface area contributed by atoms with Crippen molar-refractivity contribution in [1.29, 1.82) is 0 Å². The van der Waals surface area contributed by atoms with Gasteiger partial charge in [-0.3, -0.25) is 14.2 Å². The lowest BCUT2D eigenvalue weighted by atomic mass is 10.2. The maximum absolute atomic E-state index is 13.0. The molecule has 0 aliphatic heterocycles. The summed E-state index contributed by atoms with van der Waals surface area (Å²) in [6.45, 7) is 4.10. The van der Waals surface area contributed by atoms with Gasteiger partial charge in [-0.15, -0.1) is 11.3 Å². The number of hydrogen-bond acceptors (Lipinski definition) is 5. The minimum Gasteiger partial charge on any atom is -0.306 e. The van der Waals surface area contributed by atoms with Crippen molar-refractivity contribution in [3.8, 4) is 0 Å². The van der Waals surface area contributed by atoms with Crippen LogP contribution in [0.4, 0.5) is 5.82 Å². The maximum atomic E-state index is 13.0. The average molecular weight is 390 g/mol. The molecule has 28 heavy (non-hydrogen) atoms. The highest BCUT2D eigenvalue weighted by molar-refractivity contribution is 7.20. The van der Waals surface area contributed by atoms with E-state index in [1.807, 2.05) is 49.4 Å². The molecular formula is C21H18N4O2S. The van der Waals surface area contributed by atoms with Crippen molar-refractivity contribution in [3.05, 3.63) is 86.9 Å². The Labute approximate surface area is 165 Å². The number of amides is 1. The van der Waals surface area contributed by atoms with Crippen LogP contribution in [0.15, 0.2) is 59.8 Å². The zero-order chi connectivity index (χ0) is 19.7. The number of carbonyl (C=O) groups excluding carboxylic acids is 1. The Hall–Kier alpha value is -3.32. The number of anilines is 1. The summed E-state index contributed by atoms with van der Waals surface area (Å²) in [7, 11) is 0. The van der Waals surface area contributed by atoms with Gasteiger partial charge in [0.1, 0.15) is 10.6 Å². The first-order chi connectivity index (χ1) is 13.5. The molecule has 4 aromatic rings. The summed E-state index contributed by atoms with van der Waals surface area (Å²) in [5.41, 5.74) is 2.39. The second-order valence-corrected chi connectivity index (χ2v) is 7.52. The first-order valence-electron chi connectivity index (χ1n) is 8.80. The molecule has 0 atom stereocenters. The fraction of sp³-hybridized carbons (Fsp3) is 0.143. The summed E-state index contributed by atoms with van der Waals surface area (Å²) in [5, 5.41) is 3.32. The lowest BCUT2D eigenvalue weighted by Crippen LogP contribution is -2.21. The largest absolute Gasteiger partial charge is 0.306 e. The minimum absolute atomic E-state index is 0.143. The second kappa shape index (κ2) is 7.36. The van der Waals surface area contributed by atoms with Crippen LogP contribution in [-0.4, -0.2) is 20.4 Å². The number of benzene rings is 1. The van der Waals surface area contributed by atoms with Crippen molar-refractivity contribution in [2.24, 2.45) is 0 Å². The second-order valence-electron chi connectivity index (χ2n) is 6.52. The first-order valence-corrected chi connectivity index (χ1v) is 9.61. The number of nitrogens with zero attached hydrogens (tertiary/aromatic N) is 3. The van der Waals surface area contributed by atoms with Gasteiger partial charge in [0.15, 0.2) is 0 Å². The molecule has 1 amide bonds. The van der Waals surface area contributed by atoms with Gasteiger partial charge in [0.2, 0.25) is 0 Å². The molecule has 4 rings (SSSR count). The van der Waals surface area contributed by atoms with Crippen molar-refractivity contribution in [3.63, 3.8) is 0 Å². The van der Waals surface area contributed by atoms with E-state index >= 15 is 0 Å². The van der Waals surface area contributed by atoms with E-state index in [0.29, 0.717) is 33.0 Å². The predicted molar refractivity (Wildman–Crippen MR) is 111 cm³/mol. The van der Waals surface area contributed by atoms with Crippen molar-refractivity contribution < 1.29 is 4.79 Å². The fourth-order valence-electron chi connectivity index (χ4n) is 3.05. The van der Waals surface area contributed by atoms with Gasteiger partial charge in [-0.1, -0.05) is 36.4 Å². The maximum Gasteiger partial charge on any atom is 0.267 e. The lowest BCUT2D eigenvalue weighted by molar-refractivity contribution is 0.102. The molecule has 1 aromatic carbocycles. The zero-order valence-corrected chi connectivity index (χ0v) is 16.3. The van der Waals surface area contributed by atoms with E-state index in [9.17, 15) is 9.59 Å². The van der Waals surface area contributed by atoms with Gasteiger partial charge in [0.05, 0.1) is 23.1 Å². The van der Waals surface area contributed by atoms with Gasteiger partial charge in [0.25, 0.3) is 11.5 Å². The summed E-state index contributed by atoms with van der Waals surface area (Å²) in [6.07, 6.45) is 3.17. The van der Waals surface area contributed by atoms with Gasteiger partial charge < -0.3 is 5.32 Å². The minimum atomic E-state index is -0.281. The van der Waals surface area contributed by atoms with Gasteiger partial charge in [-0.05, 0) is 36.6 Å². The molecule has 140 valence electrons. The third-order valence-corrected chi connectivity index (χ3v) is 5.76. The van der Waals surface area contributed by atoms with Crippen molar-refractivity contribution in [2.75, 3.05) is 5.32 Å². The van der Waals surface area contributed by atoms with E-state index in [0.717, 1.165) is 11.1 Å². The third-order valence-electron chi connectivity index (χ3n) is 4.56. The number of fused-ring (bicyclic) bond motifs is 1. The number of pyridine rings is 1. The van der Waals surface area contributed by atoms with E-state index in [-0.39, 0.29) is 11.5 Å². The number of hydrogen-bond donors (Lipinski definition) is 1. The zero-order valence-electron chi connectivity index (χ0n) is 15.5. The fourth-order valence-corrected chi connectivity index (χ4v) is 4.08. The number of rotatable bonds is 4. The van der Waals surface area contributed by atoms with Crippen LogP contribution >= 0.6 is 11.3 Å². The molecule has 0 aliphatic rings. The number of carbonyl (C=O) groups is 1. The normalized spacial score (nSPS) is 10.9. The third kappa shape index (κ3) is 3.32. The van der Waals surface area contributed by atoms with Gasteiger partial charge >= 0.3 is 0 Å². The van der Waals surface area contributed by atoms with Crippen molar-refractivity contribution in [2.45, 2.75) is 20.4 Å². The SMILES string of the molecule is Cc1cccnc1NC(=O)c1sc2ncn(Cc3ccccc3)c(=O)c2c1C. The molecule has 3 aromatic heterocycles. The van der Waals surface area contributed by atoms with E-state index in [1.54, 1.807) is 17.7 Å². The Balaban J connectivity index is 1.71. The summed E-state index contributed by atoms with van der Waals surface area (Å²) in [6, 6.07) is 13.4. The van der Waals surface area contributed by atoms with Crippen molar-refractivity contribution in [1.82, 2.24) is 14.5 Å². The molecular weight excluding hydrogens is 372 g/mol. The number of aryl methyl sites for hydroxylation is 2. The predicted octanol–water partition coefficient (Wildman–Crippen LogP) is 3.77. The lowest BCUT2D eigenvalue weighted by Gasteiger charge is -2.06. The van der Waals surface area contributed by atoms with E-state index < -0.39 is 0 Å².